The molecular weight excluding hydrogens is 406 g/mol. The fourth-order valence-electron chi connectivity index (χ4n) is 3.19. The molecule has 8 heteroatoms. The number of benzene rings is 2. The van der Waals surface area contributed by atoms with Gasteiger partial charge in [-0.25, -0.2) is 4.98 Å². The Morgan fingerprint density at radius 3 is 2.90 bits per heavy atom. The van der Waals surface area contributed by atoms with Crippen molar-refractivity contribution in [1.82, 2.24) is 9.88 Å². The number of ether oxygens (including phenoxy) is 1. The zero-order chi connectivity index (χ0) is 20.9. The number of halogens is 1. The lowest BCUT2D eigenvalue weighted by Gasteiger charge is -2.15. The van der Waals surface area contributed by atoms with Gasteiger partial charge in [0, 0.05) is 35.3 Å². The summed E-state index contributed by atoms with van der Waals surface area (Å²) in [7, 11) is 0. The van der Waals surface area contributed by atoms with Crippen LogP contribution in [0.15, 0.2) is 59.2 Å². The third-order valence-corrected chi connectivity index (χ3v) is 4.87. The largest absolute Gasteiger partial charge is 0.487 e. The molecule has 0 saturated carbocycles. The van der Waals surface area contributed by atoms with Gasteiger partial charge >= 0.3 is 0 Å². The van der Waals surface area contributed by atoms with E-state index in [9.17, 15) is 9.59 Å². The highest BCUT2D eigenvalue weighted by atomic mass is 35.5. The monoisotopic (exact) mass is 425 g/mol. The van der Waals surface area contributed by atoms with Crippen LogP contribution in [0.3, 0.4) is 0 Å². The number of hydrogen-bond donors (Lipinski definition) is 1. The first-order chi connectivity index (χ1) is 14.6. The summed E-state index contributed by atoms with van der Waals surface area (Å²) in [5.74, 6) is 0.836. The van der Waals surface area contributed by atoms with Gasteiger partial charge in [0.1, 0.15) is 24.3 Å². The van der Waals surface area contributed by atoms with Crippen LogP contribution < -0.4 is 10.1 Å². The predicted molar refractivity (Wildman–Crippen MR) is 112 cm³/mol. The van der Waals surface area contributed by atoms with Crippen molar-refractivity contribution < 1.29 is 18.7 Å². The Morgan fingerprint density at radius 2 is 2.10 bits per heavy atom. The van der Waals surface area contributed by atoms with Crippen molar-refractivity contribution in [3.63, 3.8) is 0 Å². The number of anilines is 1. The quantitative estimate of drug-likeness (QED) is 0.615. The van der Waals surface area contributed by atoms with Gasteiger partial charge in [-0.1, -0.05) is 23.7 Å². The number of nitrogens with zero attached hydrogens (tertiary/aromatic N) is 2. The first kappa shape index (κ1) is 20.0. The van der Waals surface area contributed by atoms with Crippen LogP contribution in [0.5, 0.6) is 5.75 Å². The summed E-state index contributed by atoms with van der Waals surface area (Å²) in [6.07, 6.45) is 2.85. The molecule has 0 atom stereocenters. The van der Waals surface area contributed by atoms with Crippen LogP contribution >= 0.6 is 11.6 Å². The van der Waals surface area contributed by atoms with Crippen LogP contribution in [0.4, 0.5) is 5.69 Å². The van der Waals surface area contributed by atoms with E-state index in [2.05, 4.69) is 10.3 Å². The summed E-state index contributed by atoms with van der Waals surface area (Å²) in [6.45, 7) is 0.906. The van der Waals surface area contributed by atoms with Gasteiger partial charge in [-0.2, -0.15) is 0 Å². The molecule has 0 bridgehead atoms. The standard InChI is InChI=1S/C22H20ClN3O4/c23-16-5-1-4-15(10-16)22-25-18(14-30-22)13-29-19-7-2-6-17(11-19)24-20(27)12-26-9-3-8-21(26)28/h1-2,4-7,10-11,14H,3,8-9,12-13H2,(H,24,27). The summed E-state index contributed by atoms with van der Waals surface area (Å²) < 4.78 is 11.3. The topological polar surface area (TPSA) is 84.7 Å². The summed E-state index contributed by atoms with van der Waals surface area (Å²) >= 11 is 6.00. The predicted octanol–water partition coefficient (Wildman–Crippen LogP) is 4.13. The Bertz CT molecular complexity index is 1070. The first-order valence-electron chi connectivity index (χ1n) is 9.58. The van der Waals surface area contributed by atoms with E-state index in [4.69, 9.17) is 20.8 Å². The van der Waals surface area contributed by atoms with Crippen molar-refractivity contribution in [2.45, 2.75) is 19.4 Å². The molecule has 0 radical (unpaired) electrons. The van der Waals surface area contributed by atoms with E-state index < -0.39 is 0 Å². The molecule has 4 rings (SSSR count). The molecule has 0 unspecified atom stereocenters. The summed E-state index contributed by atoms with van der Waals surface area (Å²) in [6, 6.07) is 14.3. The van der Waals surface area contributed by atoms with E-state index >= 15 is 0 Å². The molecule has 0 aliphatic carbocycles. The fourth-order valence-corrected chi connectivity index (χ4v) is 3.38. The lowest BCUT2D eigenvalue weighted by Crippen LogP contribution is -2.33. The number of nitrogens with one attached hydrogen (secondary N) is 1. The number of rotatable bonds is 7. The SMILES string of the molecule is O=C(CN1CCCC1=O)Nc1cccc(OCc2coc(-c3cccc(Cl)c3)n2)c1. The molecule has 1 aromatic heterocycles. The van der Waals surface area contributed by atoms with Crippen LogP contribution in [0.1, 0.15) is 18.5 Å². The Balaban J connectivity index is 1.33. The molecule has 7 nitrogen and oxygen atoms in total. The Labute approximate surface area is 178 Å². The number of amides is 2. The second kappa shape index (κ2) is 9.00. The van der Waals surface area contributed by atoms with Gasteiger partial charge in [-0.3, -0.25) is 9.59 Å². The Hall–Kier alpha value is -3.32. The van der Waals surface area contributed by atoms with E-state index in [0.717, 1.165) is 12.0 Å². The van der Waals surface area contributed by atoms with Gasteiger partial charge in [0.15, 0.2) is 0 Å². The van der Waals surface area contributed by atoms with E-state index in [1.165, 1.54) is 6.26 Å². The van der Waals surface area contributed by atoms with Crippen molar-refractivity contribution in [3.8, 4) is 17.2 Å². The van der Waals surface area contributed by atoms with Crippen molar-refractivity contribution >= 4 is 29.1 Å². The minimum atomic E-state index is -0.231. The minimum Gasteiger partial charge on any atom is -0.487 e. The summed E-state index contributed by atoms with van der Waals surface area (Å²) in [5, 5.41) is 3.41. The third kappa shape index (κ3) is 4.99. The minimum absolute atomic E-state index is 0.0204. The van der Waals surface area contributed by atoms with Gasteiger partial charge in [-0.05, 0) is 36.8 Å². The first-order valence-corrected chi connectivity index (χ1v) is 9.95. The molecule has 1 saturated heterocycles. The zero-order valence-electron chi connectivity index (χ0n) is 16.1. The number of oxazole rings is 1. The second-order valence-electron chi connectivity index (χ2n) is 6.94. The maximum Gasteiger partial charge on any atom is 0.243 e. The van der Waals surface area contributed by atoms with Gasteiger partial charge in [-0.15, -0.1) is 0 Å². The molecule has 1 aliphatic heterocycles. The van der Waals surface area contributed by atoms with Crippen LogP contribution in [0.2, 0.25) is 5.02 Å². The van der Waals surface area contributed by atoms with E-state index in [1.54, 1.807) is 41.3 Å². The second-order valence-corrected chi connectivity index (χ2v) is 7.37. The molecular formula is C22H20ClN3O4. The molecule has 30 heavy (non-hydrogen) atoms. The molecule has 2 heterocycles. The molecule has 154 valence electrons. The molecule has 0 spiro atoms. The zero-order valence-corrected chi connectivity index (χ0v) is 16.9. The molecule has 1 N–H and O–H groups in total. The number of carbonyl (C=O) groups excluding carboxylic acids is 2. The van der Waals surface area contributed by atoms with Gasteiger partial charge in [0.25, 0.3) is 0 Å². The van der Waals surface area contributed by atoms with Crippen LogP contribution in [-0.4, -0.2) is 34.8 Å². The number of hydrogen-bond acceptors (Lipinski definition) is 5. The van der Waals surface area contributed by atoms with E-state index in [1.807, 2.05) is 12.1 Å². The molecule has 1 aliphatic rings. The number of likely N-dealkylation sites (tertiary alicyclic amines) is 1. The van der Waals surface area contributed by atoms with Crippen molar-refractivity contribution in [1.29, 1.82) is 0 Å². The molecule has 2 amide bonds. The van der Waals surface area contributed by atoms with Gasteiger partial charge in [0.2, 0.25) is 17.7 Å². The molecule has 3 aromatic rings. The number of aromatic nitrogens is 1. The fraction of sp³-hybridized carbons (Fsp3) is 0.227. The average molecular weight is 426 g/mol. The Kier molecular flexibility index (Phi) is 5.99. The highest BCUT2D eigenvalue weighted by Gasteiger charge is 2.22. The van der Waals surface area contributed by atoms with Gasteiger partial charge < -0.3 is 19.4 Å². The van der Waals surface area contributed by atoms with Crippen LogP contribution in [0, 0.1) is 0 Å². The van der Waals surface area contributed by atoms with Crippen molar-refractivity contribution in [2.75, 3.05) is 18.4 Å². The van der Waals surface area contributed by atoms with Crippen LogP contribution in [-0.2, 0) is 16.2 Å². The third-order valence-electron chi connectivity index (χ3n) is 4.63. The van der Waals surface area contributed by atoms with Crippen molar-refractivity contribution in [2.24, 2.45) is 0 Å². The van der Waals surface area contributed by atoms with Gasteiger partial charge in [0.05, 0.1) is 6.54 Å². The normalized spacial score (nSPS) is 13.5. The highest BCUT2D eigenvalue weighted by Crippen LogP contribution is 2.23. The van der Waals surface area contributed by atoms with Crippen molar-refractivity contribution in [3.05, 3.63) is 65.5 Å². The summed E-state index contributed by atoms with van der Waals surface area (Å²) in [4.78, 5) is 29.8. The molecule has 2 aromatic carbocycles. The Morgan fingerprint density at radius 1 is 1.23 bits per heavy atom. The number of carbonyl (C=O) groups is 2. The van der Waals surface area contributed by atoms with E-state index in [0.29, 0.717) is 41.0 Å². The van der Waals surface area contributed by atoms with Crippen LogP contribution in [0.25, 0.3) is 11.5 Å². The lowest BCUT2D eigenvalue weighted by atomic mass is 10.2. The maximum atomic E-state index is 12.2. The highest BCUT2D eigenvalue weighted by molar-refractivity contribution is 6.30. The maximum absolute atomic E-state index is 12.2. The molecule has 1 fully saturated rings. The van der Waals surface area contributed by atoms with E-state index in [-0.39, 0.29) is 25.0 Å². The average Bonchev–Trinajstić information content (AvgIpc) is 3.36. The summed E-state index contributed by atoms with van der Waals surface area (Å²) in [5.41, 5.74) is 2.02. The smallest absolute Gasteiger partial charge is 0.243 e. The lowest BCUT2D eigenvalue weighted by molar-refractivity contribution is -0.131.